The third-order valence-electron chi connectivity index (χ3n) is 13.4. The van der Waals surface area contributed by atoms with Crippen LogP contribution in [0.5, 0.6) is 11.5 Å². The zero-order valence-electron chi connectivity index (χ0n) is 34.9. The summed E-state index contributed by atoms with van der Waals surface area (Å²) >= 11 is 0. The van der Waals surface area contributed by atoms with Gasteiger partial charge in [0, 0.05) is 44.6 Å². The lowest BCUT2D eigenvalue weighted by Gasteiger charge is -2.40. The fraction of sp³-hybridized carbons (Fsp3) is 0.0164. The average Bonchev–Trinajstić information content (AvgIpc) is 3.86. The number of ether oxygens (including phenoxy) is 1. The molecule has 0 fully saturated rings. The molecule has 10 aromatic carbocycles. The first-order chi connectivity index (χ1) is 31.8. The molecule has 1 aliphatic heterocycles. The number of nitrogens with zero attached hydrogens (tertiary/aromatic N) is 2. The summed E-state index contributed by atoms with van der Waals surface area (Å²) in [6.07, 6.45) is 0. The Kier molecular flexibility index (Phi) is 8.13. The second kappa shape index (κ2) is 14.3. The molecule has 13 rings (SSSR count). The maximum absolute atomic E-state index is 6.67. The number of aromatic nitrogens is 1. The third-order valence-corrected chi connectivity index (χ3v) is 13.4. The molecule has 0 unspecified atom stereocenters. The molecule has 300 valence electrons. The largest absolute Gasteiger partial charge is 0.457 e. The summed E-state index contributed by atoms with van der Waals surface area (Å²) in [6, 6.07) is 88.1. The SMILES string of the molecule is c1ccc(-c2cccc(N(c3ccc(-c4cccc5c4C4(c6ccccc6Oc6ccccc64)c4ccccc4-5)cc3)c3ccc4c5ccccc5n(-c5ccccc5)c4c3)c2)cc1. The fourth-order valence-electron chi connectivity index (χ4n) is 10.8. The molecule has 64 heavy (non-hydrogen) atoms. The number of anilines is 3. The van der Waals surface area contributed by atoms with Crippen LogP contribution in [0.2, 0.25) is 0 Å². The van der Waals surface area contributed by atoms with Crippen molar-refractivity contribution >= 4 is 38.9 Å². The van der Waals surface area contributed by atoms with Gasteiger partial charge in [-0.1, -0.05) is 176 Å². The average molecular weight is 817 g/mol. The van der Waals surface area contributed by atoms with Gasteiger partial charge in [-0.25, -0.2) is 0 Å². The summed E-state index contributed by atoms with van der Waals surface area (Å²) in [6.45, 7) is 0. The molecule has 0 saturated heterocycles. The van der Waals surface area contributed by atoms with Gasteiger partial charge in [-0.2, -0.15) is 0 Å². The van der Waals surface area contributed by atoms with Gasteiger partial charge in [0.15, 0.2) is 0 Å². The second-order valence-electron chi connectivity index (χ2n) is 16.8. The molecule has 1 spiro atoms. The van der Waals surface area contributed by atoms with Gasteiger partial charge in [0.05, 0.1) is 16.4 Å². The Bertz CT molecular complexity index is 3540. The topological polar surface area (TPSA) is 17.4 Å². The highest BCUT2D eigenvalue weighted by atomic mass is 16.5. The summed E-state index contributed by atoms with van der Waals surface area (Å²) in [7, 11) is 0. The summed E-state index contributed by atoms with van der Waals surface area (Å²) < 4.78 is 9.07. The highest BCUT2D eigenvalue weighted by Gasteiger charge is 2.52. The molecule has 0 amide bonds. The van der Waals surface area contributed by atoms with Crippen LogP contribution in [-0.2, 0) is 5.41 Å². The van der Waals surface area contributed by atoms with Crippen molar-refractivity contribution in [3.8, 4) is 50.6 Å². The molecular weight excluding hydrogens is 777 g/mol. The van der Waals surface area contributed by atoms with Gasteiger partial charge >= 0.3 is 0 Å². The summed E-state index contributed by atoms with van der Waals surface area (Å²) in [5.74, 6) is 1.79. The molecule has 0 saturated carbocycles. The first kappa shape index (κ1) is 36.3. The first-order valence-electron chi connectivity index (χ1n) is 22.0. The van der Waals surface area contributed by atoms with Crippen molar-refractivity contribution in [1.29, 1.82) is 0 Å². The number of fused-ring (bicyclic) bond motifs is 12. The molecule has 1 aliphatic carbocycles. The normalized spacial score (nSPS) is 12.9. The smallest absolute Gasteiger partial charge is 0.132 e. The van der Waals surface area contributed by atoms with Crippen LogP contribution < -0.4 is 9.64 Å². The van der Waals surface area contributed by atoms with Crippen molar-refractivity contribution in [1.82, 2.24) is 4.57 Å². The van der Waals surface area contributed by atoms with Crippen molar-refractivity contribution in [2.24, 2.45) is 0 Å². The van der Waals surface area contributed by atoms with Crippen LogP contribution in [0.15, 0.2) is 243 Å². The van der Waals surface area contributed by atoms with Crippen molar-refractivity contribution in [3.63, 3.8) is 0 Å². The number of hydrogen-bond acceptors (Lipinski definition) is 2. The lowest BCUT2D eigenvalue weighted by Crippen LogP contribution is -2.32. The highest BCUT2D eigenvalue weighted by molar-refractivity contribution is 6.10. The minimum Gasteiger partial charge on any atom is -0.457 e. The fourth-order valence-corrected chi connectivity index (χ4v) is 10.8. The van der Waals surface area contributed by atoms with E-state index in [4.69, 9.17) is 4.74 Å². The number of para-hydroxylation sites is 4. The van der Waals surface area contributed by atoms with Crippen LogP contribution >= 0.6 is 0 Å². The van der Waals surface area contributed by atoms with E-state index in [2.05, 4.69) is 252 Å². The van der Waals surface area contributed by atoms with Gasteiger partial charge in [0.1, 0.15) is 11.5 Å². The van der Waals surface area contributed by atoms with E-state index >= 15 is 0 Å². The van der Waals surface area contributed by atoms with Crippen LogP contribution in [0, 0.1) is 0 Å². The van der Waals surface area contributed by atoms with Gasteiger partial charge in [0.2, 0.25) is 0 Å². The van der Waals surface area contributed by atoms with Crippen LogP contribution in [0.25, 0.3) is 60.9 Å². The van der Waals surface area contributed by atoms with Crippen molar-refractivity contribution in [3.05, 3.63) is 265 Å². The van der Waals surface area contributed by atoms with Gasteiger partial charge in [0.25, 0.3) is 0 Å². The second-order valence-corrected chi connectivity index (χ2v) is 16.8. The monoisotopic (exact) mass is 816 g/mol. The van der Waals surface area contributed by atoms with Gasteiger partial charge in [-0.05, 0) is 111 Å². The lowest BCUT2D eigenvalue weighted by atomic mass is 9.64. The van der Waals surface area contributed by atoms with Crippen LogP contribution in [-0.4, -0.2) is 4.57 Å². The maximum Gasteiger partial charge on any atom is 0.132 e. The molecule has 3 heteroatoms. The Morgan fingerprint density at radius 2 is 0.906 bits per heavy atom. The highest BCUT2D eigenvalue weighted by Crippen LogP contribution is 2.63. The Labute approximate surface area is 372 Å². The zero-order chi connectivity index (χ0) is 42.2. The summed E-state index contributed by atoms with van der Waals surface area (Å²) in [4.78, 5) is 2.40. The molecule has 1 aromatic heterocycles. The van der Waals surface area contributed by atoms with E-state index < -0.39 is 5.41 Å². The Hall–Kier alpha value is -8.40. The predicted octanol–water partition coefficient (Wildman–Crippen LogP) is 16.1. The van der Waals surface area contributed by atoms with Crippen molar-refractivity contribution in [2.45, 2.75) is 5.41 Å². The van der Waals surface area contributed by atoms with E-state index in [9.17, 15) is 0 Å². The quantitative estimate of drug-likeness (QED) is 0.166. The minimum atomic E-state index is -0.566. The first-order valence-corrected chi connectivity index (χ1v) is 22.0. The number of hydrogen-bond donors (Lipinski definition) is 0. The maximum atomic E-state index is 6.67. The van der Waals surface area contributed by atoms with Gasteiger partial charge in [-0.3, -0.25) is 0 Å². The van der Waals surface area contributed by atoms with E-state index in [0.717, 1.165) is 56.5 Å². The van der Waals surface area contributed by atoms with E-state index in [1.165, 1.54) is 55.2 Å². The van der Waals surface area contributed by atoms with E-state index in [0.29, 0.717) is 0 Å². The van der Waals surface area contributed by atoms with Crippen LogP contribution in [0.1, 0.15) is 22.3 Å². The molecule has 11 aromatic rings. The van der Waals surface area contributed by atoms with E-state index in [1.807, 2.05) is 0 Å². The molecule has 0 atom stereocenters. The minimum absolute atomic E-state index is 0.566. The Morgan fingerprint density at radius 3 is 1.69 bits per heavy atom. The predicted molar refractivity (Wildman–Crippen MR) is 264 cm³/mol. The molecular formula is C61H40N2O. The standard InChI is InChI=1S/C61H40N2O/c1-3-17-41(18-4-1)43-19-15-22-46(39-43)62(47-37-38-51-50-24-8-12-30-56(50)63(57(51)40-47)44-20-5-2-6-21-44)45-35-33-42(34-36-45)48-25-16-26-52-49-23-7-9-27-53(49)61(60(48)52)54-28-10-13-31-58(54)64-59-32-14-11-29-55(59)61/h1-40H. The van der Waals surface area contributed by atoms with Crippen LogP contribution in [0.4, 0.5) is 17.1 Å². The molecule has 3 nitrogen and oxygen atoms in total. The van der Waals surface area contributed by atoms with Crippen molar-refractivity contribution in [2.75, 3.05) is 4.90 Å². The van der Waals surface area contributed by atoms with Crippen LogP contribution in [0.3, 0.4) is 0 Å². The third kappa shape index (κ3) is 5.34. The number of rotatable bonds is 6. The van der Waals surface area contributed by atoms with Crippen molar-refractivity contribution < 1.29 is 4.74 Å². The van der Waals surface area contributed by atoms with Gasteiger partial charge < -0.3 is 14.2 Å². The van der Waals surface area contributed by atoms with E-state index in [-0.39, 0.29) is 0 Å². The Balaban J connectivity index is 1.01. The molecule has 0 N–H and O–H groups in total. The molecule has 0 radical (unpaired) electrons. The van der Waals surface area contributed by atoms with Gasteiger partial charge in [-0.15, -0.1) is 0 Å². The zero-order valence-corrected chi connectivity index (χ0v) is 34.9. The lowest BCUT2D eigenvalue weighted by molar-refractivity contribution is 0.436. The summed E-state index contributed by atoms with van der Waals surface area (Å²) in [5.41, 5.74) is 18.3. The summed E-state index contributed by atoms with van der Waals surface area (Å²) in [5, 5.41) is 2.46. The molecule has 0 bridgehead atoms. The van der Waals surface area contributed by atoms with E-state index in [1.54, 1.807) is 0 Å². The molecule has 2 aliphatic rings. The Morgan fingerprint density at radius 1 is 0.344 bits per heavy atom. The molecule has 2 heterocycles. The number of benzene rings is 10.